The molecule has 0 aliphatic rings. The van der Waals surface area contributed by atoms with Gasteiger partial charge in [-0.1, -0.05) is 59.6 Å². The predicted octanol–water partition coefficient (Wildman–Crippen LogP) is 2.78. The first-order valence-corrected chi connectivity index (χ1v) is 9.91. The van der Waals surface area contributed by atoms with Gasteiger partial charge >= 0.3 is 5.65 Å². The van der Waals surface area contributed by atoms with Crippen LogP contribution in [0.3, 0.4) is 0 Å². The van der Waals surface area contributed by atoms with Crippen LogP contribution < -0.4 is 26.1 Å². The minimum atomic E-state index is 0. The Balaban J connectivity index is 0.00000240. The Kier molecular flexibility index (Phi) is 6.89. The number of aromatic nitrogens is 2. The van der Waals surface area contributed by atoms with Crippen LogP contribution in [-0.4, -0.2) is 4.57 Å². The average Bonchev–Trinajstić information content (AvgIpc) is 2.95. The monoisotopic (exact) mass is 490 g/mol. The van der Waals surface area contributed by atoms with Crippen molar-refractivity contribution >= 4 is 28.8 Å². The first-order chi connectivity index (χ1) is 13.5. The largest absolute Gasteiger partial charge is 1.00 e. The number of fused-ring (bicyclic) bond motifs is 1. The van der Waals surface area contributed by atoms with Crippen molar-refractivity contribution in [2.75, 3.05) is 0 Å². The summed E-state index contributed by atoms with van der Waals surface area (Å²) in [6.45, 7) is 5.46. The lowest BCUT2D eigenvalue weighted by molar-refractivity contribution is -0.519. The number of halogens is 3. The van der Waals surface area contributed by atoms with Crippen molar-refractivity contribution in [2.45, 2.75) is 27.0 Å². The Hall–Kier alpha value is -2.01. The maximum absolute atomic E-state index is 6.22. The number of imidazole rings is 1. The Morgan fingerprint density at radius 2 is 1.66 bits per heavy atom. The third kappa shape index (κ3) is 4.45. The molecule has 6 heteroatoms. The molecule has 0 bridgehead atoms. The molecule has 0 N–H and O–H groups in total. The van der Waals surface area contributed by atoms with Crippen LogP contribution in [0.25, 0.3) is 5.65 Å². The summed E-state index contributed by atoms with van der Waals surface area (Å²) in [6, 6.07) is 20.0. The van der Waals surface area contributed by atoms with E-state index in [0.29, 0.717) is 23.2 Å². The molecule has 150 valence electrons. The van der Waals surface area contributed by atoms with Crippen molar-refractivity contribution in [3.05, 3.63) is 99.4 Å². The highest BCUT2D eigenvalue weighted by molar-refractivity contribution is 6.42. The summed E-state index contributed by atoms with van der Waals surface area (Å²) in [5, 5.41) is 1.13. The van der Waals surface area contributed by atoms with E-state index in [2.05, 4.69) is 41.1 Å². The number of hydrogen-bond donors (Lipinski definition) is 0. The molecule has 2 aromatic carbocycles. The normalized spacial score (nSPS) is 10.8. The molecule has 0 amide bonds. The van der Waals surface area contributed by atoms with Gasteiger partial charge in [-0.25, -0.2) is 4.57 Å². The lowest BCUT2D eigenvalue weighted by atomic mass is 10.2. The zero-order valence-electron chi connectivity index (χ0n) is 16.2. The highest BCUT2D eigenvalue weighted by Crippen LogP contribution is 2.26. The summed E-state index contributed by atoms with van der Waals surface area (Å²) in [5.74, 6) is 0.850. The molecular weight excluding hydrogens is 471 g/mol. The lowest BCUT2D eigenvalue weighted by Gasteiger charge is -2.08. The number of pyridine rings is 1. The van der Waals surface area contributed by atoms with Gasteiger partial charge < -0.3 is 21.7 Å². The summed E-state index contributed by atoms with van der Waals surface area (Å²) >= 11 is 12.3. The Morgan fingerprint density at radius 1 is 0.897 bits per heavy atom. The highest BCUT2D eigenvalue weighted by atomic mass is 79.9. The molecule has 0 radical (unpaired) electrons. The van der Waals surface area contributed by atoms with Crippen LogP contribution in [0.5, 0.6) is 5.75 Å². The number of aryl methyl sites for hydroxylation is 1. The van der Waals surface area contributed by atoms with E-state index in [1.54, 1.807) is 0 Å². The molecule has 0 atom stereocenters. The fourth-order valence-corrected chi connectivity index (χ4v) is 3.73. The standard InChI is InChI=1S/C23H21Cl2N2O.BrH/c1-16-17(2)27(14-19-10-11-20(24)21(25)13-19)23-22(9-6-12-26(16)23)28-15-18-7-4-3-5-8-18;/h3-13H,14-15H2,1-2H3;1H/q+1;/p-1. The third-order valence-electron chi connectivity index (χ3n) is 5.04. The molecule has 3 nitrogen and oxygen atoms in total. The topological polar surface area (TPSA) is 18.3 Å². The van der Waals surface area contributed by atoms with E-state index in [1.807, 2.05) is 48.5 Å². The van der Waals surface area contributed by atoms with Crippen LogP contribution in [0.1, 0.15) is 22.5 Å². The molecule has 0 aliphatic carbocycles. The highest BCUT2D eigenvalue weighted by Gasteiger charge is 2.24. The van der Waals surface area contributed by atoms with Crippen molar-refractivity contribution in [1.29, 1.82) is 0 Å². The Bertz CT molecular complexity index is 1140. The lowest BCUT2D eigenvalue weighted by Crippen LogP contribution is -3.00. The first-order valence-electron chi connectivity index (χ1n) is 9.15. The van der Waals surface area contributed by atoms with Gasteiger partial charge in [-0.05, 0) is 35.4 Å². The van der Waals surface area contributed by atoms with Gasteiger partial charge in [-0.15, -0.1) is 0 Å². The zero-order chi connectivity index (χ0) is 19.7. The molecule has 2 aromatic heterocycles. The fraction of sp³-hybridized carbons (Fsp3) is 0.174. The number of rotatable bonds is 5. The van der Waals surface area contributed by atoms with E-state index < -0.39 is 0 Å². The summed E-state index contributed by atoms with van der Waals surface area (Å²) in [6.07, 6.45) is 2.07. The molecule has 0 saturated carbocycles. The van der Waals surface area contributed by atoms with E-state index in [4.69, 9.17) is 27.9 Å². The minimum Gasteiger partial charge on any atom is -1.00 e. The van der Waals surface area contributed by atoms with Gasteiger partial charge in [0.05, 0.1) is 16.2 Å². The van der Waals surface area contributed by atoms with Crippen LogP contribution in [-0.2, 0) is 13.2 Å². The van der Waals surface area contributed by atoms with Gasteiger partial charge in [0.2, 0.25) is 5.75 Å². The fourth-order valence-electron chi connectivity index (χ4n) is 3.40. The maximum Gasteiger partial charge on any atom is 0.329 e. The molecule has 0 aliphatic heterocycles. The van der Waals surface area contributed by atoms with Gasteiger partial charge in [0.15, 0.2) is 0 Å². The van der Waals surface area contributed by atoms with Crippen molar-refractivity contribution in [3.63, 3.8) is 0 Å². The Labute approximate surface area is 191 Å². The Morgan fingerprint density at radius 3 is 2.38 bits per heavy atom. The van der Waals surface area contributed by atoms with E-state index in [0.717, 1.165) is 22.5 Å². The second-order valence-corrected chi connectivity index (χ2v) is 7.66. The molecule has 2 heterocycles. The second kappa shape index (κ2) is 9.21. The van der Waals surface area contributed by atoms with Gasteiger partial charge in [0.25, 0.3) is 0 Å². The van der Waals surface area contributed by atoms with Crippen molar-refractivity contribution in [1.82, 2.24) is 4.57 Å². The molecule has 0 fully saturated rings. The van der Waals surface area contributed by atoms with Gasteiger partial charge in [0, 0.05) is 13.8 Å². The van der Waals surface area contributed by atoms with Gasteiger partial charge in [-0.3, -0.25) is 0 Å². The van der Waals surface area contributed by atoms with Gasteiger partial charge in [-0.2, -0.15) is 4.40 Å². The van der Waals surface area contributed by atoms with Gasteiger partial charge in [0.1, 0.15) is 24.5 Å². The molecule has 29 heavy (non-hydrogen) atoms. The maximum atomic E-state index is 6.22. The predicted molar refractivity (Wildman–Crippen MR) is 113 cm³/mol. The minimum absolute atomic E-state index is 0. The smallest absolute Gasteiger partial charge is 0.329 e. The average molecular weight is 492 g/mol. The summed E-state index contributed by atoms with van der Waals surface area (Å²) in [7, 11) is 0. The molecule has 0 unspecified atom stereocenters. The summed E-state index contributed by atoms with van der Waals surface area (Å²) in [5.41, 5.74) is 5.62. The second-order valence-electron chi connectivity index (χ2n) is 6.85. The van der Waals surface area contributed by atoms with Crippen LogP contribution in [0.2, 0.25) is 10.0 Å². The van der Waals surface area contributed by atoms with Crippen LogP contribution in [0.15, 0.2) is 66.9 Å². The molecule has 4 aromatic rings. The molecule has 0 spiro atoms. The molecule has 4 rings (SSSR count). The number of nitrogens with zero attached hydrogens (tertiary/aromatic N) is 2. The molecular formula is C23H21BrCl2N2O. The van der Waals surface area contributed by atoms with Crippen LogP contribution in [0, 0.1) is 13.8 Å². The van der Waals surface area contributed by atoms with Crippen molar-refractivity contribution in [3.8, 4) is 5.75 Å². The van der Waals surface area contributed by atoms with E-state index in [9.17, 15) is 0 Å². The van der Waals surface area contributed by atoms with E-state index in [-0.39, 0.29) is 17.0 Å². The summed E-state index contributed by atoms with van der Waals surface area (Å²) in [4.78, 5) is 0. The third-order valence-corrected chi connectivity index (χ3v) is 5.78. The zero-order valence-corrected chi connectivity index (χ0v) is 19.3. The number of benzene rings is 2. The van der Waals surface area contributed by atoms with Crippen LogP contribution >= 0.6 is 23.2 Å². The summed E-state index contributed by atoms with van der Waals surface area (Å²) < 4.78 is 10.6. The van der Waals surface area contributed by atoms with Crippen molar-refractivity contribution < 1.29 is 26.1 Å². The van der Waals surface area contributed by atoms with E-state index in [1.165, 1.54) is 11.4 Å². The van der Waals surface area contributed by atoms with Crippen molar-refractivity contribution in [2.24, 2.45) is 0 Å². The number of ether oxygens (including phenoxy) is 1. The quantitative estimate of drug-likeness (QED) is 0.392. The van der Waals surface area contributed by atoms with E-state index >= 15 is 0 Å². The number of hydrogen-bond acceptors (Lipinski definition) is 1. The SMILES string of the molecule is Cc1c(C)[n+]2cccc(OCc3ccccc3)c2n1Cc1ccc(Cl)c(Cl)c1.[Br-]. The first kappa shape index (κ1) is 21.7. The molecule has 0 saturated heterocycles. The van der Waals surface area contributed by atoms with Crippen LogP contribution in [0.4, 0.5) is 0 Å².